The zero-order valence-corrected chi connectivity index (χ0v) is 21.8. The quantitative estimate of drug-likeness (QED) is 0.367. The Morgan fingerprint density at radius 2 is 1.51 bits per heavy atom. The van der Waals surface area contributed by atoms with Crippen LogP contribution in [0.1, 0.15) is 133 Å². The normalized spacial score (nSPS) is 34.2. The Bertz CT molecular complexity index is 995. The summed E-state index contributed by atoms with van der Waals surface area (Å²) in [5.74, 6) is -0.839. The fourth-order valence-corrected chi connectivity index (χ4v) is 8.63. The van der Waals surface area contributed by atoms with Crippen LogP contribution >= 0.6 is 0 Å². The molecule has 188 valence electrons. The predicted octanol–water partition coefficient (Wildman–Crippen LogP) is 8.03. The van der Waals surface area contributed by atoms with Crippen molar-refractivity contribution in [1.82, 2.24) is 0 Å². The molecule has 0 atom stereocenters. The van der Waals surface area contributed by atoms with E-state index < -0.39 is 11.4 Å². The zero-order chi connectivity index (χ0) is 25.2. The molecule has 1 aromatic carbocycles. The van der Waals surface area contributed by atoms with Gasteiger partial charge in [-0.2, -0.15) is 10.5 Å². The summed E-state index contributed by atoms with van der Waals surface area (Å²) in [4.78, 5) is 12.8. The van der Waals surface area contributed by atoms with E-state index in [-0.39, 0.29) is 16.5 Å². The summed E-state index contributed by atoms with van der Waals surface area (Å²) >= 11 is 0. The van der Waals surface area contributed by atoms with Crippen LogP contribution in [0.5, 0.6) is 0 Å². The van der Waals surface area contributed by atoms with Crippen molar-refractivity contribution in [3.8, 4) is 12.1 Å². The van der Waals surface area contributed by atoms with Gasteiger partial charge in [0.05, 0.1) is 16.5 Å². The first kappa shape index (κ1) is 25.8. The Hall–Kier alpha value is -2.33. The summed E-state index contributed by atoms with van der Waals surface area (Å²) in [6, 6.07) is 9.41. The lowest BCUT2D eigenvalue weighted by Gasteiger charge is -2.64. The van der Waals surface area contributed by atoms with Crippen molar-refractivity contribution in [3.05, 3.63) is 34.9 Å². The molecule has 4 aliphatic carbocycles. The number of carbonyl (C=O) groups is 1. The van der Waals surface area contributed by atoms with E-state index in [0.717, 1.165) is 19.3 Å². The van der Waals surface area contributed by atoms with Crippen LogP contribution in [-0.2, 0) is 10.2 Å². The van der Waals surface area contributed by atoms with Gasteiger partial charge in [-0.1, -0.05) is 51.7 Å². The molecule has 4 heteroatoms. The van der Waals surface area contributed by atoms with Crippen molar-refractivity contribution in [1.29, 1.82) is 10.5 Å². The number of unbranched alkanes of at least 4 members (excludes halogenated alkanes) is 2. The number of carboxylic acids is 1. The largest absolute Gasteiger partial charge is 0.481 e. The average Bonchev–Trinajstić information content (AvgIpc) is 2.89. The maximum Gasteiger partial charge on any atom is 0.314 e. The van der Waals surface area contributed by atoms with Crippen molar-refractivity contribution in [2.24, 2.45) is 16.2 Å². The average molecular weight is 475 g/mol. The Labute approximate surface area is 211 Å². The van der Waals surface area contributed by atoms with Gasteiger partial charge in [0.15, 0.2) is 0 Å². The lowest BCUT2D eigenvalue weighted by atomic mass is 9.41. The highest BCUT2D eigenvalue weighted by Crippen LogP contribution is 2.70. The van der Waals surface area contributed by atoms with E-state index in [1.165, 1.54) is 70.6 Å². The van der Waals surface area contributed by atoms with Gasteiger partial charge in [-0.25, -0.2) is 0 Å². The van der Waals surface area contributed by atoms with Crippen LogP contribution in [0.2, 0.25) is 0 Å². The van der Waals surface area contributed by atoms with Gasteiger partial charge >= 0.3 is 5.97 Å². The van der Waals surface area contributed by atoms with E-state index in [1.54, 1.807) is 18.2 Å². The second-order valence-corrected chi connectivity index (χ2v) is 12.1. The molecule has 0 unspecified atom stereocenters. The first-order chi connectivity index (χ1) is 16.9. The molecular weight excluding hydrogens is 432 g/mol. The van der Waals surface area contributed by atoms with Crippen LogP contribution in [0.4, 0.5) is 0 Å². The predicted molar refractivity (Wildman–Crippen MR) is 138 cm³/mol. The van der Waals surface area contributed by atoms with Gasteiger partial charge < -0.3 is 5.11 Å². The molecule has 0 aromatic heterocycles. The molecule has 0 saturated heterocycles. The molecule has 1 N–H and O–H groups in total. The van der Waals surface area contributed by atoms with Crippen LogP contribution < -0.4 is 0 Å². The van der Waals surface area contributed by atoms with Crippen molar-refractivity contribution in [2.45, 2.75) is 122 Å². The van der Waals surface area contributed by atoms with E-state index in [9.17, 15) is 20.4 Å². The van der Waals surface area contributed by atoms with E-state index >= 15 is 0 Å². The van der Waals surface area contributed by atoms with Crippen molar-refractivity contribution < 1.29 is 9.90 Å². The summed E-state index contributed by atoms with van der Waals surface area (Å²) in [5.41, 5.74) is 1.15. The Kier molecular flexibility index (Phi) is 7.33. The van der Waals surface area contributed by atoms with E-state index in [2.05, 4.69) is 26.0 Å². The minimum Gasteiger partial charge on any atom is -0.481 e. The molecule has 4 aliphatic rings. The number of hydrogen-bond donors (Lipinski definition) is 1. The summed E-state index contributed by atoms with van der Waals surface area (Å²) in [6.45, 7) is 4.57. The molecule has 5 rings (SSSR count). The number of fused-ring (bicyclic) bond motifs is 3. The van der Waals surface area contributed by atoms with E-state index in [4.69, 9.17) is 0 Å². The number of benzene rings is 1. The minimum absolute atomic E-state index is 0.205. The fraction of sp³-hybridized carbons (Fsp3) is 0.710. The molecule has 1 aromatic rings. The minimum atomic E-state index is -1.07. The smallest absolute Gasteiger partial charge is 0.314 e. The van der Waals surface area contributed by atoms with Gasteiger partial charge in [-0.15, -0.1) is 0 Å². The van der Waals surface area contributed by atoms with E-state index in [0.29, 0.717) is 29.2 Å². The molecule has 0 spiro atoms. The maximum absolute atomic E-state index is 12.8. The number of carboxylic acid groups (broad SMARTS) is 1. The maximum atomic E-state index is 12.8. The standard InChI is InChI=1S/C31H42N2O2/c1-3-5-6-11-28-12-15-30(16-13-28,17-14-28)29(10-4-2)18-20-31(21-19-29,27(34)35)26-9-7-8-24(22-32)25(26)23-33/h7-9H,3-6,10-21H2,1-2H3,(H,34,35)/t28?,29-,30?,31+. The third-order valence-corrected chi connectivity index (χ3v) is 10.8. The molecule has 0 heterocycles. The fourth-order valence-electron chi connectivity index (χ4n) is 8.63. The Balaban J connectivity index is 1.61. The van der Waals surface area contributed by atoms with Crippen LogP contribution in [0, 0.1) is 38.9 Å². The summed E-state index contributed by atoms with van der Waals surface area (Å²) in [5, 5.41) is 29.9. The zero-order valence-electron chi connectivity index (χ0n) is 21.8. The summed E-state index contributed by atoms with van der Waals surface area (Å²) in [7, 11) is 0. The van der Waals surface area contributed by atoms with Crippen LogP contribution in [0.25, 0.3) is 0 Å². The lowest BCUT2D eigenvalue weighted by Crippen LogP contribution is -2.55. The Morgan fingerprint density at radius 1 is 0.857 bits per heavy atom. The first-order valence-corrected chi connectivity index (χ1v) is 14.0. The molecule has 35 heavy (non-hydrogen) atoms. The highest BCUT2D eigenvalue weighted by Gasteiger charge is 2.60. The number of hydrogen-bond acceptors (Lipinski definition) is 3. The van der Waals surface area contributed by atoms with Gasteiger partial charge in [0.1, 0.15) is 12.1 Å². The Morgan fingerprint density at radius 3 is 2.03 bits per heavy atom. The number of aliphatic carboxylic acids is 1. The molecule has 0 radical (unpaired) electrons. The van der Waals surface area contributed by atoms with Crippen LogP contribution in [-0.4, -0.2) is 11.1 Å². The molecule has 0 aliphatic heterocycles. The van der Waals surface area contributed by atoms with Crippen LogP contribution in [0.15, 0.2) is 18.2 Å². The van der Waals surface area contributed by atoms with Gasteiger partial charge in [-0.3, -0.25) is 4.79 Å². The van der Waals surface area contributed by atoms with Gasteiger partial charge in [-0.05, 0) is 105 Å². The number of rotatable bonds is 9. The van der Waals surface area contributed by atoms with E-state index in [1.807, 2.05) is 0 Å². The van der Waals surface area contributed by atoms with Crippen LogP contribution in [0.3, 0.4) is 0 Å². The number of nitriles is 2. The molecule has 0 amide bonds. The second kappa shape index (κ2) is 9.97. The third kappa shape index (κ3) is 4.18. The lowest BCUT2D eigenvalue weighted by molar-refractivity contribution is -0.154. The van der Waals surface area contributed by atoms with Gasteiger partial charge in [0.2, 0.25) is 0 Å². The first-order valence-electron chi connectivity index (χ1n) is 14.0. The monoisotopic (exact) mass is 474 g/mol. The molecule has 4 nitrogen and oxygen atoms in total. The second-order valence-electron chi connectivity index (χ2n) is 12.1. The molecule has 4 saturated carbocycles. The number of nitrogens with zero attached hydrogens (tertiary/aromatic N) is 2. The highest BCUT2D eigenvalue weighted by atomic mass is 16.4. The molecular formula is C31H42N2O2. The topological polar surface area (TPSA) is 84.9 Å². The van der Waals surface area contributed by atoms with Gasteiger partial charge in [0.25, 0.3) is 0 Å². The van der Waals surface area contributed by atoms with Crippen molar-refractivity contribution in [2.75, 3.05) is 0 Å². The highest BCUT2D eigenvalue weighted by molar-refractivity contribution is 5.83. The molecule has 2 bridgehead atoms. The third-order valence-electron chi connectivity index (χ3n) is 10.8. The summed E-state index contributed by atoms with van der Waals surface area (Å²) < 4.78 is 0. The SMILES string of the molecule is CCCCCC12CCC([C@]3(CCC)CC[C@@](C(=O)O)(c4cccc(C#N)c4C#N)CC3)(CC1)CC2. The van der Waals surface area contributed by atoms with Crippen molar-refractivity contribution in [3.63, 3.8) is 0 Å². The summed E-state index contributed by atoms with van der Waals surface area (Å²) in [6.07, 6.45) is 18.7. The van der Waals surface area contributed by atoms with Crippen molar-refractivity contribution >= 4 is 5.97 Å². The molecule has 4 fully saturated rings. The van der Waals surface area contributed by atoms with Gasteiger partial charge in [0, 0.05) is 0 Å².